The third-order valence-corrected chi connectivity index (χ3v) is 3.67. The topological polar surface area (TPSA) is 82.9 Å². The van der Waals surface area contributed by atoms with Gasteiger partial charge in [0.1, 0.15) is 5.76 Å². The van der Waals surface area contributed by atoms with Crippen LogP contribution >= 0.6 is 0 Å². The largest absolute Gasteiger partial charge is 0.465 e. The van der Waals surface area contributed by atoms with Crippen LogP contribution in [0.4, 0.5) is 0 Å². The summed E-state index contributed by atoms with van der Waals surface area (Å²) in [5, 5.41) is 18.4. The summed E-state index contributed by atoms with van der Waals surface area (Å²) in [4.78, 5) is 2.01. The second-order valence-corrected chi connectivity index (χ2v) is 5.12. The number of aliphatic hydroxyl groups excluding tert-OH is 2. The van der Waals surface area contributed by atoms with Crippen molar-refractivity contribution in [3.05, 3.63) is 42.4 Å². The normalized spacial score (nSPS) is 26.1. The quantitative estimate of drug-likeness (QED) is 0.664. The Morgan fingerprint density at radius 2 is 2.05 bits per heavy atom. The molecule has 5 nitrogen and oxygen atoms in total. The molecular weight excluding hydrogens is 256 g/mol. The van der Waals surface area contributed by atoms with E-state index in [4.69, 9.17) is 10.2 Å². The highest BCUT2D eigenvalue weighted by Crippen LogP contribution is 2.31. The molecule has 2 unspecified atom stereocenters. The minimum atomic E-state index is -0.399. The highest BCUT2D eigenvalue weighted by Gasteiger charge is 2.31. The van der Waals surface area contributed by atoms with Gasteiger partial charge in [0, 0.05) is 18.7 Å². The Labute approximate surface area is 119 Å². The molecule has 1 aliphatic carbocycles. The zero-order chi connectivity index (χ0) is 14.6. The van der Waals surface area contributed by atoms with Gasteiger partial charge in [-0.05, 0) is 19.1 Å². The molecule has 1 aromatic rings. The first kappa shape index (κ1) is 15.0. The summed E-state index contributed by atoms with van der Waals surface area (Å²) < 4.78 is 5.44. The second-order valence-electron chi connectivity index (χ2n) is 5.12. The maximum absolute atomic E-state index is 9.20. The van der Waals surface area contributed by atoms with Crippen molar-refractivity contribution in [3.8, 4) is 0 Å². The molecular formula is C15H22N2O3. The van der Waals surface area contributed by atoms with Crippen molar-refractivity contribution in [1.82, 2.24) is 4.90 Å². The molecule has 20 heavy (non-hydrogen) atoms. The van der Waals surface area contributed by atoms with E-state index in [1.165, 1.54) is 0 Å². The fourth-order valence-corrected chi connectivity index (χ4v) is 2.57. The molecule has 0 spiro atoms. The fraction of sp³-hybridized carbons (Fsp3) is 0.467. The zero-order valence-corrected chi connectivity index (χ0v) is 11.7. The van der Waals surface area contributed by atoms with Crippen molar-refractivity contribution in [2.24, 2.45) is 5.73 Å². The van der Waals surface area contributed by atoms with Gasteiger partial charge in [0.25, 0.3) is 0 Å². The molecule has 4 N–H and O–H groups in total. The third kappa shape index (κ3) is 3.02. The van der Waals surface area contributed by atoms with Crippen LogP contribution in [0, 0.1) is 0 Å². The van der Waals surface area contributed by atoms with Gasteiger partial charge in [0.15, 0.2) is 0 Å². The lowest BCUT2D eigenvalue weighted by atomic mass is 9.86. The van der Waals surface area contributed by atoms with Crippen LogP contribution in [0.25, 0.3) is 5.57 Å². The number of aliphatic hydroxyl groups is 2. The summed E-state index contributed by atoms with van der Waals surface area (Å²) in [5.74, 6) is 0.751. The molecule has 2 rings (SSSR count). The summed E-state index contributed by atoms with van der Waals surface area (Å²) >= 11 is 0. The lowest BCUT2D eigenvalue weighted by Gasteiger charge is -2.39. The van der Waals surface area contributed by atoms with Gasteiger partial charge in [0.05, 0.1) is 31.1 Å². The summed E-state index contributed by atoms with van der Waals surface area (Å²) in [6.07, 6.45) is 7.61. The van der Waals surface area contributed by atoms with E-state index in [0.717, 1.165) is 11.3 Å². The number of nitrogens with zero attached hydrogens (tertiary/aromatic N) is 1. The van der Waals surface area contributed by atoms with Gasteiger partial charge in [-0.3, -0.25) is 4.90 Å². The van der Waals surface area contributed by atoms with E-state index in [9.17, 15) is 10.2 Å². The predicted molar refractivity (Wildman–Crippen MR) is 78.0 cm³/mol. The van der Waals surface area contributed by atoms with Crippen molar-refractivity contribution in [2.45, 2.75) is 18.5 Å². The fourth-order valence-electron chi connectivity index (χ4n) is 2.57. The van der Waals surface area contributed by atoms with E-state index in [1.54, 1.807) is 6.26 Å². The molecule has 110 valence electrons. The van der Waals surface area contributed by atoms with Crippen LogP contribution in [-0.2, 0) is 0 Å². The van der Waals surface area contributed by atoms with Gasteiger partial charge >= 0.3 is 0 Å². The Bertz CT molecular complexity index is 475. The number of nitrogens with two attached hydrogens (primary N) is 1. The van der Waals surface area contributed by atoms with Gasteiger partial charge in [-0.1, -0.05) is 18.2 Å². The lowest BCUT2D eigenvalue weighted by molar-refractivity contribution is 0.113. The van der Waals surface area contributed by atoms with E-state index >= 15 is 0 Å². The van der Waals surface area contributed by atoms with Gasteiger partial charge in [0.2, 0.25) is 0 Å². The summed E-state index contributed by atoms with van der Waals surface area (Å²) in [7, 11) is 0. The number of rotatable bonds is 6. The van der Waals surface area contributed by atoms with Gasteiger partial charge in [-0.15, -0.1) is 0 Å². The van der Waals surface area contributed by atoms with E-state index in [1.807, 2.05) is 42.2 Å². The Morgan fingerprint density at radius 3 is 2.60 bits per heavy atom. The molecule has 1 aromatic heterocycles. The average Bonchev–Trinajstić information content (AvgIpc) is 2.95. The summed E-state index contributed by atoms with van der Waals surface area (Å²) in [6, 6.07) is 3.50. The van der Waals surface area contributed by atoms with Crippen LogP contribution < -0.4 is 5.73 Å². The van der Waals surface area contributed by atoms with Crippen molar-refractivity contribution < 1.29 is 14.6 Å². The highest BCUT2D eigenvalue weighted by atomic mass is 16.3. The number of hydrogen-bond donors (Lipinski definition) is 3. The van der Waals surface area contributed by atoms with Crippen LogP contribution in [0.1, 0.15) is 12.7 Å². The first-order chi connectivity index (χ1) is 9.60. The Kier molecular flexibility index (Phi) is 4.77. The molecule has 0 aliphatic heterocycles. The first-order valence-corrected chi connectivity index (χ1v) is 6.79. The predicted octanol–water partition coefficient (Wildman–Crippen LogP) is 0.605. The lowest BCUT2D eigenvalue weighted by Crippen LogP contribution is -2.48. The maximum Gasteiger partial charge on any atom is 0.131 e. The van der Waals surface area contributed by atoms with Crippen molar-refractivity contribution in [3.63, 3.8) is 0 Å². The van der Waals surface area contributed by atoms with E-state index < -0.39 is 5.54 Å². The Hall–Kier alpha value is -1.40. The van der Waals surface area contributed by atoms with E-state index in [0.29, 0.717) is 13.1 Å². The molecule has 0 saturated carbocycles. The molecule has 0 radical (unpaired) electrons. The minimum Gasteiger partial charge on any atom is -0.465 e. The summed E-state index contributed by atoms with van der Waals surface area (Å²) in [5.41, 5.74) is 6.63. The van der Waals surface area contributed by atoms with Gasteiger partial charge in [-0.25, -0.2) is 0 Å². The SMILES string of the molecule is CC1(N(CCO)CCO)C=CC(N)C(c2ccco2)=C1. The monoisotopic (exact) mass is 278 g/mol. The van der Waals surface area contributed by atoms with Gasteiger partial charge in [-0.2, -0.15) is 0 Å². The number of hydrogen-bond acceptors (Lipinski definition) is 5. The Balaban J connectivity index is 2.32. The van der Waals surface area contributed by atoms with E-state index in [-0.39, 0.29) is 19.3 Å². The third-order valence-electron chi connectivity index (χ3n) is 3.67. The maximum atomic E-state index is 9.20. The van der Waals surface area contributed by atoms with Crippen LogP contribution in [0.3, 0.4) is 0 Å². The van der Waals surface area contributed by atoms with Crippen LogP contribution in [-0.4, -0.2) is 53.0 Å². The average molecular weight is 278 g/mol. The number of β-amino-alcohol motifs (C(OH)–C–C–N with tert-alkyl or cyclic N) is 2. The minimum absolute atomic E-state index is 0.0411. The van der Waals surface area contributed by atoms with Crippen LogP contribution in [0.5, 0.6) is 0 Å². The zero-order valence-electron chi connectivity index (χ0n) is 11.7. The van der Waals surface area contributed by atoms with E-state index in [2.05, 4.69) is 0 Å². The smallest absolute Gasteiger partial charge is 0.131 e. The van der Waals surface area contributed by atoms with Crippen molar-refractivity contribution in [1.29, 1.82) is 0 Å². The van der Waals surface area contributed by atoms with Crippen molar-refractivity contribution in [2.75, 3.05) is 26.3 Å². The summed E-state index contributed by atoms with van der Waals surface area (Å²) in [6.45, 7) is 3.08. The molecule has 0 amide bonds. The van der Waals surface area contributed by atoms with Crippen LogP contribution in [0.15, 0.2) is 41.0 Å². The molecule has 0 bridgehead atoms. The molecule has 2 atom stereocenters. The highest BCUT2D eigenvalue weighted by molar-refractivity contribution is 5.71. The first-order valence-electron chi connectivity index (χ1n) is 6.79. The van der Waals surface area contributed by atoms with Crippen LogP contribution in [0.2, 0.25) is 0 Å². The molecule has 1 heterocycles. The Morgan fingerprint density at radius 1 is 1.35 bits per heavy atom. The molecule has 5 heteroatoms. The molecule has 0 aromatic carbocycles. The number of furan rings is 1. The van der Waals surface area contributed by atoms with Crippen molar-refractivity contribution >= 4 is 5.57 Å². The molecule has 1 aliphatic rings. The standard InChI is InChI=1S/C15H22N2O3/c1-15(17(6-8-18)7-9-19)5-4-13(16)12(11-15)14-3-2-10-20-14/h2-5,10-11,13,18-19H,6-9,16H2,1H3. The van der Waals surface area contributed by atoms with Gasteiger partial charge < -0.3 is 20.4 Å². The second kappa shape index (κ2) is 6.37. The molecule has 0 saturated heterocycles. The molecule has 0 fully saturated rings.